The Bertz CT molecular complexity index is 1280. The zero-order valence-electron chi connectivity index (χ0n) is 24.0. The quantitative estimate of drug-likeness (QED) is 0.185. The molecule has 0 amide bonds. The summed E-state index contributed by atoms with van der Waals surface area (Å²) in [6, 6.07) is 24.0. The van der Waals surface area contributed by atoms with Gasteiger partial charge in [0.25, 0.3) is 35.2 Å². The van der Waals surface area contributed by atoms with Gasteiger partial charge in [-0.15, -0.1) is 0 Å². The summed E-state index contributed by atoms with van der Waals surface area (Å²) >= 11 is 13.3. The molecule has 0 spiro atoms. The second kappa shape index (κ2) is 18.7. The molecule has 1 saturated heterocycles. The van der Waals surface area contributed by atoms with E-state index in [9.17, 15) is 19.2 Å². The molecule has 44 heavy (non-hydrogen) atoms. The van der Waals surface area contributed by atoms with Gasteiger partial charge in [0, 0.05) is 17.9 Å². The van der Waals surface area contributed by atoms with Crippen molar-refractivity contribution in [3.05, 3.63) is 115 Å². The van der Waals surface area contributed by atoms with Gasteiger partial charge in [-0.2, -0.15) is 0 Å². The number of benzene rings is 4. The first-order valence-corrected chi connectivity index (χ1v) is 21.6. The number of hydrogen-bond donors (Lipinski definition) is 0. The van der Waals surface area contributed by atoms with Crippen LogP contribution in [0.25, 0.3) is 0 Å². The topological polar surface area (TPSA) is 129 Å². The van der Waals surface area contributed by atoms with Crippen molar-refractivity contribution < 1.29 is 154 Å². The van der Waals surface area contributed by atoms with E-state index in [1.54, 1.807) is 48.5 Å². The van der Waals surface area contributed by atoms with Gasteiger partial charge in [0.05, 0.1) is 0 Å². The van der Waals surface area contributed by atoms with E-state index < -0.39 is 35.2 Å². The van der Waals surface area contributed by atoms with Crippen LogP contribution >= 0.6 is 63.7 Å². The third kappa shape index (κ3) is 10.7. The van der Waals surface area contributed by atoms with Crippen molar-refractivity contribution >= 4 is 120 Å². The van der Waals surface area contributed by atoms with Crippen LogP contribution in [0.4, 0.5) is 0 Å². The second-order valence-electron chi connectivity index (χ2n) is 8.66. The smallest absolute Gasteiger partial charge is 0.814 e. The summed E-state index contributed by atoms with van der Waals surface area (Å²) in [5.74, 6) is 0. The molecule has 0 unspecified atom stereocenters. The van der Waals surface area contributed by atoms with Gasteiger partial charge < -0.3 is 35.6 Å². The van der Waals surface area contributed by atoms with Gasteiger partial charge in [0.15, 0.2) is 0 Å². The van der Waals surface area contributed by atoms with Gasteiger partial charge in [-0.3, -0.25) is 0 Å². The molecule has 4 aromatic rings. The Morgan fingerprint density at radius 2 is 0.455 bits per heavy atom. The fourth-order valence-electron chi connectivity index (χ4n) is 3.88. The van der Waals surface area contributed by atoms with Crippen LogP contribution in [0.15, 0.2) is 115 Å². The van der Waals surface area contributed by atoms with Crippen LogP contribution in [0, 0.1) is 0 Å². The van der Waals surface area contributed by atoms with Crippen LogP contribution in [0.3, 0.4) is 0 Å². The van der Waals surface area contributed by atoms with Gasteiger partial charge >= 0.3 is 118 Å². The zero-order valence-corrected chi connectivity index (χ0v) is 42.4. The van der Waals surface area contributed by atoms with Crippen LogP contribution in [-0.2, 0) is 16.5 Å². The molecule has 1 aliphatic rings. The molecule has 20 heteroatoms. The van der Waals surface area contributed by atoms with Crippen LogP contribution < -0.4 is 158 Å². The van der Waals surface area contributed by atoms with Crippen LogP contribution in [0.5, 0.6) is 0 Å². The summed E-state index contributed by atoms with van der Waals surface area (Å²) in [7, 11) is -20.5. The normalized spacial score (nSPS) is 26.4. The molecule has 1 heterocycles. The SMILES string of the molecule is [Na+].[Na+].[Na+].[Na+].[O-][Si]1(c2ccc(Br)cc2)O[Si]([O-])(c2ccc(Br)cc2)O[Si]([O-])(c2ccc(Br)cc2)O[Si]([O-])(c2ccc(Br)cc2)O1. The Morgan fingerprint density at radius 3 is 0.591 bits per heavy atom. The Labute approximate surface area is 381 Å². The molecule has 0 aliphatic carbocycles. The maximum Gasteiger partial charge on any atom is 1.00 e. The molecular weight excluding hydrogens is 940 g/mol. The Balaban J connectivity index is 0.00000242. The van der Waals surface area contributed by atoms with Gasteiger partial charge in [-0.05, 0) is 69.3 Å². The van der Waals surface area contributed by atoms with Crippen molar-refractivity contribution in [3.8, 4) is 0 Å². The van der Waals surface area contributed by atoms with E-state index in [0.29, 0.717) is 17.9 Å². The molecule has 208 valence electrons. The minimum atomic E-state index is -5.12. The van der Waals surface area contributed by atoms with Gasteiger partial charge in [-0.1, -0.05) is 112 Å². The van der Waals surface area contributed by atoms with Gasteiger partial charge in [-0.25, -0.2) is 0 Å². The van der Waals surface area contributed by atoms with E-state index in [-0.39, 0.29) is 139 Å². The largest absolute Gasteiger partial charge is 1.00 e. The second-order valence-corrected chi connectivity index (χ2v) is 22.3. The first kappa shape index (κ1) is 45.4. The molecule has 4 aromatic carbocycles. The first-order chi connectivity index (χ1) is 18.8. The van der Waals surface area contributed by atoms with E-state index in [0.717, 1.165) is 0 Å². The minimum absolute atomic E-state index is 0. The molecule has 8 nitrogen and oxygen atoms in total. The molecule has 1 fully saturated rings. The molecule has 0 atom stereocenters. The average Bonchev–Trinajstić information content (AvgIpc) is 2.89. The van der Waals surface area contributed by atoms with E-state index in [2.05, 4.69) is 63.7 Å². The monoisotopic (exact) mass is 952 g/mol. The fourth-order valence-corrected chi connectivity index (χ4v) is 18.8. The first-order valence-electron chi connectivity index (χ1n) is 11.5. The van der Waals surface area contributed by atoms with Crippen LogP contribution in [0.2, 0.25) is 0 Å². The number of halogens is 4. The summed E-state index contributed by atoms with van der Waals surface area (Å²) in [5, 5.41) is -0.106. The summed E-state index contributed by atoms with van der Waals surface area (Å²) in [6.45, 7) is 0. The Morgan fingerprint density at radius 1 is 0.318 bits per heavy atom. The van der Waals surface area contributed by atoms with Gasteiger partial charge in [0.1, 0.15) is 0 Å². The Hall–Kier alpha value is 3.35. The van der Waals surface area contributed by atoms with Crippen LogP contribution in [-0.4, -0.2) is 35.2 Å². The summed E-state index contributed by atoms with van der Waals surface area (Å²) in [4.78, 5) is 58.4. The average molecular weight is 956 g/mol. The van der Waals surface area contributed by atoms with Crippen molar-refractivity contribution in [3.63, 3.8) is 0 Å². The van der Waals surface area contributed by atoms with Crippen molar-refractivity contribution in [1.82, 2.24) is 0 Å². The molecular formula is C24H16Br4Na4O8Si4. The summed E-state index contributed by atoms with van der Waals surface area (Å²) < 4.78 is 26.1. The summed E-state index contributed by atoms with van der Waals surface area (Å²) in [5.41, 5.74) is 0. The maximum absolute atomic E-state index is 14.6. The molecule has 1 aliphatic heterocycles. The third-order valence-electron chi connectivity index (χ3n) is 5.87. The minimum Gasteiger partial charge on any atom is -0.814 e. The standard InChI is InChI=1S/C24H16Br4O8Si4.4Na/c25-17-1-9-21(10-2-17)37(29)33-38(30,22-11-3-18(26)4-12-22)35-40(32,24-15-7-20(28)8-16-24)36-39(31,34-37)23-13-5-19(27)6-14-23;;;;/h1-16H;;;;/q-4;4*+1. The van der Waals surface area contributed by atoms with Crippen LogP contribution in [0.1, 0.15) is 0 Å². The predicted molar refractivity (Wildman–Crippen MR) is 162 cm³/mol. The number of hydrogen-bond acceptors (Lipinski definition) is 8. The number of rotatable bonds is 4. The molecule has 5 rings (SSSR count). The van der Waals surface area contributed by atoms with Gasteiger partial charge in [0.2, 0.25) is 0 Å². The van der Waals surface area contributed by atoms with E-state index in [4.69, 9.17) is 16.5 Å². The van der Waals surface area contributed by atoms with Crippen molar-refractivity contribution in [2.75, 3.05) is 0 Å². The Kier molecular flexibility index (Phi) is 19.3. The van der Waals surface area contributed by atoms with Crippen molar-refractivity contribution in [2.45, 2.75) is 0 Å². The molecule has 0 N–H and O–H groups in total. The fraction of sp³-hybridized carbons (Fsp3) is 0. The maximum atomic E-state index is 14.6. The zero-order chi connectivity index (χ0) is 28.8. The molecule has 0 radical (unpaired) electrons. The predicted octanol–water partition coefficient (Wildman–Crippen LogP) is -12.0. The molecule has 0 bridgehead atoms. The van der Waals surface area contributed by atoms with Crippen molar-refractivity contribution in [1.29, 1.82) is 0 Å². The molecule has 0 saturated carbocycles. The van der Waals surface area contributed by atoms with E-state index in [1.807, 2.05) is 0 Å². The summed E-state index contributed by atoms with van der Waals surface area (Å²) in [6.07, 6.45) is 0. The van der Waals surface area contributed by atoms with Crippen molar-refractivity contribution in [2.24, 2.45) is 0 Å². The molecule has 0 aromatic heterocycles. The third-order valence-corrected chi connectivity index (χ3v) is 20.7. The van der Waals surface area contributed by atoms with E-state index >= 15 is 0 Å². The van der Waals surface area contributed by atoms with E-state index in [1.165, 1.54) is 48.5 Å².